The predicted molar refractivity (Wildman–Crippen MR) is 109 cm³/mol. The zero-order valence-electron chi connectivity index (χ0n) is 16.2. The molecule has 0 bridgehead atoms. The summed E-state index contributed by atoms with van der Waals surface area (Å²) in [6.07, 6.45) is 1.73. The second-order valence-corrected chi connectivity index (χ2v) is 7.81. The summed E-state index contributed by atoms with van der Waals surface area (Å²) in [5.41, 5.74) is 3.74. The minimum absolute atomic E-state index is 0.0237. The van der Waals surface area contributed by atoms with E-state index in [-0.39, 0.29) is 11.3 Å². The number of benzene rings is 2. The Morgan fingerprint density at radius 3 is 1.85 bits per heavy atom. The monoisotopic (exact) mass is 358 g/mol. The number of nitrogens with zero attached hydrogens (tertiary/aromatic N) is 2. The largest absolute Gasteiger partial charge is 0.330 e. The first-order valence-electron chi connectivity index (χ1n) is 9.27. The van der Waals surface area contributed by atoms with Crippen LogP contribution in [0.15, 0.2) is 79.0 Å². The summed E-state index contributed by atoms with van der Waals surface area (Å²) in [4.78, 5) is 19.7. The van der Waals surface area contributed by atoms with E-state index in [2.05, 4.69) is 50.0 Å². The Hall–Kier alpha value is -2.94. The smallest absolute Gasteiger partial charge is 0.254 e. The zero-order chi connectivity index (χ0) is 19.3. The SMILES string of the molecule is CC(C)(C)c1cc(C(=O)N(Cc2ccccc2)Cc2ccccc2)ccn1. The van der Waals surface area contributed by atoms with Crippen molar-refractivity contribution in [1.82, 2.24) is 9.88 Å². The van der Waals surface area contributed by atoms with Crippen molar-refractivity contribution in [3.05, 3.63) is 101 Å². The highest BCUT2D eigenvalue weighted by Gasteiger charge is 2.21. The predicted octanol–water partition coefficient (Wildman–Crippen LogP) is 5.22. The van der Waals surface area contributed by atoms with Gasteiger partial charge in [0.2, 0.25) is 0 Å². The second kappa shape index (κ2) is 8.17. The van der Waals surface area contributed by atoms with Crippen LogP contribution in [0.2, 0.25) is 0 Å². The Morgan fingerprint density at radius 2 is 1.37 bits per heavy atom. The number of aromatic nitrogens is 1. The maximum Gasteiger partial charge on any atom is 0.254 e. The Morgan fingerprint density at radius 1 is 0.852 bits per heavy atom. The average molecular weight is 358 g/mol. The van der Waals surface area contributed by atoms with Crippen molar-refractivity contribution in [3.63, 3.8) is 0 Å². The first kappa shape index (κ1) is 18.8. The fourth-order valence-electron chi connectivity index (χ4n) is 2.96. The molecule has 1 aromatic heterocycles. The maximum absolute atomic E-state index is 13.3. The van der Waals surface area contributed by atoms with Gasteiger partial charge < -0.3 is 4.90 Å². The van der Waals surface area contributed by atoms with Crippen LogP contribution in [0.25, 0.3) is 0 Å². The van der Waals surface area contributed by atoms with E-state index in [9.17, 15) is 4.79 Å². The number of carbonyl (C=O) groups excluding carboxylic acids is 1. The van der Waals surface area contributed by atoms with Crippen LogP contribution in [0.5, 0.6) is 0 Å². The van der Waals surface area contributed by atoms with E-state index >= 15 is 0 Å². The Labute approximate surface area is 161 Å². The molecular formula is C24H26N2O. The molecule has 0 spiro atoms. The zero-order valence-corrected chi connectivity index (χ0v) is 16.2. The second-order valence-electron chi connectivity index (χ2n) is 7.81. The molecule has 0 saturated heterocycles. The van der Waals surface area contributed by atoms with Crippen LogP contribution in [-0.4, -0.2) is 15.8 Å². The number of hydrogen-bond donors (Lipinski definition) is 0. The van der Waals surface area contributed by atoms with E-state index < -0.39 is 0 Å². The molecule has 0 fully saturated rings. The number of amides is 1. The topological polar surface area (TPSA) is 33.2 Å². The van der Waals surface area contributed by atoms with Gasteiger partial charge in [0.25, 0.3) is 5.91 Å². The lowest BCUT2D eigenvalue weighted by molar-refractivity contribution is 0.0729. The van der Waals surface area contributed by atoms with Crippen LogP contribution in [0.3, 0.4) is 0 Å². The molecule has 27 heavy (non-hydrogen) atoms. The van der Waals surface area contributed by atoms with E-state index in [1.165, 1.54) is 0 Å². The molecule has 1 heterocycles. The minimum Gasteiger partial charge on any atom is -0.330 e. The van der Waals surface area contributed by atoms with Gasteiger partial charge in [-0.1, -0.05) is 81.4 Å². The lowest BCUT2D eigenvalue weighted by atomic mass is 9.90. The third kappa shape index (κ3) is 5.04. The summed E-state index contributed by atoms with van der Waals surface area (Å²) in [7, 11) is 0. The van der Waals surface area contributed by atoms with Crippen molar-refractivity contribution >= 4 is 5.91 Å². The molecule has 3 nitrogen and oxygen atoms in total. The quantitative estimate of drug-likeness (QED) is 0.626. The molecule has 0 N–H and O–H groups in total. The first-order chi connectivity index (χ1) is 12.9. The van der Waals surface area contributed by atoms with Crippen LogP contribution >= 0.6 is 0 Å². The van der Waals surface area contributed by atoms with Gasteiger partial charge in [-0.15, -0.1) is 0 Å². The molecule has 3 rings (SSSR count). The van der Waals surface area contributed by atoms with Crippen molar-refractivity contribution in [2.75, 3.05) is 0 Å². The van der Waals surface area contributed by atoms with Crippen LogP contribution in [-0.2, 0) is 18.5 Å². The van der Waals surface area contributed by atoms with Crippen LogP contribution < -0.4 is 0 Å². The van der Waals surface area contributed by atoms with Gasteiger partial charge in [0.05, 0.1) is 0 Å². The molecule has 0 radical (unpaired) electrons. The number of pyridine rings is 1. The highest BCUT2D eigenvalue weighted by atomic mass is 16.2. The van der Waals surface area contributed by atoms with Gasteiger partial charge in [0, 0.05) is 36.0 Å². The lowest BCUT2D eigenvalue weighted by Gasteiger charge is -2.24. The van der Waals surface area contributed by atoms with Crippen LogP contribution in [0.1, 0.15) is 48.0 Å². The standard InChI is InChI=1S/C24H26N2O/c1-24(2,3)22-16-21(14-15-25-22)23(27)26(17-19-10-6-4-7-11-19)18-20-12-8-5-9-13-20/h4-16H,17-18H2,1-3H3. The molecule has 3 aromatic rings. The van der Waals surface area contributed by atoms with Gasteiger partial charge in [-0.3, -0.25) is 9.78 Å². The number of carbonyl (C=O) groups is 1. The van der Waals surface area contributed by atoms with Gasteiger partial charge in [-0.05, 0) is 23.3 Å². The average Bonchev–Trinajstić information content (AvgIpc) is 2.68. The molecule has 2 aromatic carbocycles. The minimum atomic E-state index is -0.0972. The molecule has 0 unspecified atom stereocenters. The van der Waals surface area contributed by atoms with Crippen molar-refractivity contribution < 1.29 is 4.79 Å². The van der Waals surface area contributed by atoms with Gasteiger partial charge in [0.1, 0.15) is 0 Å². The Balaban J connectivity index is 1.90. The lowest BCUT2D eigenvalue weighted by Crippen LogP contribution is -2.30. The number of hydrogen-bond acceptors (Lipinski definition) is 2. The molecule has 0 aliphatic carbocycles. The molecule has 0 atom stereocenters. The summed E-state index contributed by atoms with van der Waals surface area (Å²) in [5.74, 6) is 0.0237. The third-order valence-electron chi connectivity index (χ3n) is 4.50. The molecule has 3 heteroatoms. The van der Waals surface area contributed by atoms with E-state index in [1.54, 1.807) is 12.3 Å². The molecule has 1 amide bonds. The summed E-state index contributed by atoms with van der Waals surface area (Å²) in [5, 5.41) is 0. The highest BCUT2D eigenvalue weighted by Crippen LogP contribution is 2.22. The van der Waals surface area contributed by atoms with Gasteiger partial charge in [-0.2, -0.15) is 0 Å². The van der Waals surface area contributed by atoms with Gasteiger partial charge in [-0.25, -0.2) is 0 Å². The van der Waals surface area contributed by atoms with E-state index in [0.717, 1.165) is 16.8 Å². The van der Waals surface area contributed by atoms with E-state index in [4.69, 9.17) is 0 Å². The van der Waals surface area contributed by atoms with Crippen molar-refractivity contribution in [2.45, 2.75) is 39.3 Å². The summed E-state index contributed by atoms with van der Waals surface area (Å²) in [6, 6.07) is 23.9. The fourth-order valence-corrected chi connectivity index (χ4v) is 2.96. The van der Waals surface area contributed by atoms with Gasteiger partial charge >= 0.3 is 0 Å². The normalized spacial score (nSPS) is 11.2. The van der Waals surface area contributed by atoms with Crippen LogP contribution in [0, 0.1) is 0 Å². The molecule has 0 aliphatic rings. The third-order valence-corrected chi connectivity index (χ3v) is 4.50. The Bertz CT molecular complexity index is 842. The fraction of sp³-hybridized carbons (Fsp3) is 0.250. The van der Waals surface area contributed by atoms with Crippen LogP contribution in [0.4, 0.5) is 0 Å². The summed E-state index contributed by atoms with van der Waals surface area (Å²) < 4.78 is 0. The van der Waals surface area contributed by atoms with Crippen molar-refractivity contribution in [2.24, 2.45) is 0 Å². The highest BCUT2D eigenvalue weighted by molar-refractivity contribution is 5.94. The van der Waals surface area contributed by atoms with Gasteiger partial charge in [0.15, 0.2) is 0 Å². The molecular weight excluding hydrogens is 332 g/mol. The van der Waals surface area contributed by atoms with E-state index in [0.29, 0.717) is 18.7 Å². The summed E-state index contributed by atoms with van der Waals surface area (Å²) >= 11 is 0. The van der Waals surface area contributed by atoms with Crippen molar-refractivity contribution in [1.29, 1.82) is 0 Å². The first-order valence-corrected chi connectivity index (χ1v) is 9.27. The molecule has 0 saturated carbocycles. The maximum atomic E-state index is 13.3. The number of rotatable bonds is 5. The van der Waals surface area contributed by atoms with Crippen molar-refractivity contribution in [3.8, 4) is 0 Å². The molecule has 138 valence electrons. The summed E-state index contributed by atoms with van der Waals surface area (Å²) in [6.45, 7) is 7.46. The van der Waals surface area contributed by atoms with E-state index in [1.807, 2.05) is 47.4 Å². The molecule has 0 aliphatic heterocycles. The Kier molecular flexibility index (Phi) is 5.70.